The number of carbonyl (C=O) groups excluding carboxylic acids is 1. The van der Waals surface area contributed by atoms with Crippen molar-refractivity contribution in [1.29, 1.82) is 0 Å². The van der Waals surface area contributed by atoms with Crippen LogP contribution in [0.4, 0.5) is 0 Å². The zero-order chi connectivity index (χ0) is 21.5. The van der Waals surface area contributed by atoms with E-state index in [1.54, 1.807) is 7.11 Å². The Hall–Kier alpha value is -2.77. The van der Waals surface area contributed by atoms with Crippen molar-refractivity contribution in [2.75, 3.05) is 20.3 Å². The van der Waals surface area contributed by atoms with E-state index in [0.29, 0.717) is 18.3 Å². The number of methoxy groups -OCH3 is 1. The maximum Gasteiger partial charge on any atom is 0.233 e. The number of hydrogen-bond acceptors (Lipinski definition) is 6. The molecule has 0 fully saturated rings. The van der Waals surface area contributed by atoms with Crippen molar-refractivity contribution in [3.63, 3.8) is 0 Å². The summed E-state index contributed by atoms with van der Waals surface area (Å²) in [6.45, 7) is 6.88. The van der Waals surface area contributed by atoms with Gasteiger partial charge in [0.2, 0.25) is 11.1 Å². The minimum absolute atomic E-state index is 0.0832. The highest BCUT2D eigenvalue weighted by Gasteiger charge is 2.19. The first-order valence-corrected chi connectivity index (χ1v) is 10.7. The predicted molar refractivity (Wildman–Crippen MR) is 120 cm³/mol. The van der Waals surface area contributed by atoms with Gasteiger partial charge in [-0.2, -0.15) is 0 Å². The summed E-state index contributed by atoms with van der Waals surface area (Å²) in [6.07, 6.45) is 0. The van der Waals surface area contributed by atoms with E-state index in [4.69, 9.17) is 9.72 Å². The number of nitrogens with one attached hydrogen (secondary N) is 1. The zero-order valence-corrected chi connectivity index (χ0v) is 18.5. The van der Waals surface area contributed by atoms with Crippen LogP contribution in [-0.4, -0.2) is 46.6 Å². The summed E-state index contributed by atoms with van der Waals surface area (Å²) in [7, 11) is 1.60. The van der Waals surface area contributed by atoms with Gasteiger partial charge in [0.25, 0.3) is 0 Å². The number of thioether (sulfide) groups is 1. The third-order valence-corrected chi connectivity index (χ3v) is 5.53. The SMILES string of the molecule is COCCNC(=O)[C@H](C)Sc1nnc(-c2ccc(C)cc2)c(-c2ccc(C)cc2)n1. The molecule has 0 aliphatic heterocycles. The first kappa shape index (κ1) is 21.9. The van der Waals surface area contributed by atoms with E-state index in [-0.39, 0.29) is 11.2 Å². The van der Waals surface area contributed by atoms with Crippen LogP contribution in [0.3, 0.4) is 0 Å². The number of rotatable bonds is 8. The van der Waals surface area contributed by atoms with Crippen LogP contribution in [0.5, 0.6) is 0 Å². The summed E-state index contributed by atoms with van der Waals surface area (Å²) >= 11 is 1.29. The predicted octanol–water partition coefficient (Wildman–Crippen LogP) is 4.07. The highest BCUT2D eigenvalue weighted by Crippen LogP contribution is 2.31. The van der Waals surface area contributed by atoms with Gasteiger partial charge in [-0.1, -0.05) is 71.4 Å². The molecule has 3 rings (SSSR count). The molecule has 1 atom stereocenters. The molecule has 0 saturated carbocycles. The minimum atomic E-state index is -0.347. The molecule has 156 valence electrons. The van der Waals surface area contributed by atoms with Crippen molar-refractivity contribution in [3.8, 4) is 22.5 Å². The smallest absolute Gasteiger partial charge is 0.233 e. The lowest BCUT2D eigenvalue weighted by Crippen LogP contribution is -2.33. The minimum Gasteiger partial charge on any atom is -0.383 e. The van der Waals surface area contributed by atoms with Gasteiger partial charge < -0.3 is 10.1 Å². The average Bonchev–Trinajstić information content (AvgIpc) is 2.75. The first-order valence-electron chi connectivity index (χ1n) is 9.80. The van der Waals surface area contributed by atoms with Gasteiger partial charge >= 0.3 is 0 Å². The van der Waals surface area contributed by atoms with Gasteiger partial charge in [-0.3, -0.25) is 4.79 Å². The fourth-order valence-corrected chi connectivity index (χ4v) is 3.55. The van der Waals surface area contributed by atoms with E-state index in [9.17, 15) is 4.79 Å². The molecule has 0 spiro atoms. The zero-order valence-electron chi connectivity index (χ0n) is 17.7. The van der Waals surface area contributed by atoms with Crippen LogP contribution in [0.25, 0.3) is 22.5 Å². The molecular weight excluding hydrogens is 396 g/mol. The molecule has 3 aromatic rings. The molecule has 30 heavy (non-hydrogen) atoms. The number of benzene rings is 2. The van der Waals surface area contributed by atoms with Gasteiger partial charge in [0.05, 0.1) is 11.9 Å². The van der Waals surface area contributed by atoms with Crippen LogP contribution in [0.2, 0.25) is 0 Å². The summed E-state index contributed by atoms with van der Waals surface area (Å²) in [5.41, 5.74) is 5.75. The molecule has 0 radical (unpaired) electrons. The standard InChI is InChI=1S/C23H26N4O2S/c1-15-5-9-18(10-6-15)20-21(19-11-7-16(2)8-12-19)26-27-23(25-20)30-17(3)22(28)24-13-14-29-4/h5-12,17H,13-14H2,1-4H3,(H,24,28)/t17-/m0/s1. The van der Waals surface area contributed by atoms with Crippen molar-refractivity contribution < 1.29 is 9.53 Å². The van der Waals surface area contributed by atoms with Crippen molar-refractivity contribution >= 4 is 17.7 Å². The van der Waals surface area contributed by atoms with E-state index >= 15 is 0 Å². The van der Waals surface area contributed by atoms with E-state index in [2.05, 4.69) is 27.6 Å². The third-order valence-electron chi connectivity index (χ3n) is 4.57. The molecule has 2 aromatic carbocycles. The molecular formula is C23H26N4O2S. The summed E-state index contributed by atoms with van der Waals surface area (Å²) < 4.78 is 4.97. The number of hydrogen-bond donors (Lipinski definition) is 1. The number of nitrogens with zero attached hydrogens (tertiary/aromatic N) is 3. The fraction of sp³-hybridized carbons (Fsp3) is 0.304. The van der Waals surface area contributed by atoms with E-state index < -0.39 is 0 Å². The molecule has 0 saturated heterocycles. The Bertz CT molecular complexity index is 991. The summed E-state index contributed by atoms with van der Waals surface area (Å²) in [5, 5.41) is 11.7. The van der Waals surface area contributed by atoms with Gasteiger partial charge in [0.15, 0.2) is 0 Å². The lowest BCUT2D eigenvalue weighted by molar-refractivity contribution is -0.120. The number of carbonyl (C=O) groups is 1. The van der Waals surface area contributed by atoms with Crippen LogP contribution in [0.15, 0.2) is 53.7 Å². The molecule has 0 bridgehead atoms. The van der Waals surface area contributed by atoms with Crippen LogP contribution in [-0.2, 0) is 9.53 Å². The van der Waals surface area contributed by atoms with Gasteiger partial charge in [-0.05, 0) is 20.8 Å². The number of aryl methyl sites for hydroxylation is 2. The van der Waals surface area contributed by atoms with E-state index in [1.807, 2.05) is 57.2 Å². The normalized spacial score (nSPS) is 11.9. The second kappa shape index (κ2) is 10.3. The van der Waals surface area contributed by atoms with Crippen LogP contribution < -0.4 is 5.32 Å². The second-order valence-electron chi connectivity index (χ2n) is 7.07. The van der Waals surface area contributed by atoms with Crippen molar-refractivity contribution in [1.82, 2.24) is 20.5 Å². The number of amides is 1. The first-order chi connectivity index (χ1) is 14.5. The second-order valence-corrected chi connectivity index (χ2v) is 8.38. The Morgan fingerprint density at radius 1 is 0.967 bits per heavy atom. The Kier molecular flexibility index (Phi) is 7.54. The Balaban J connectivity index is 1.91. The monoisotopic (exact) mass is 422 g/mol. The molecule has 1 N–H and O–H groups in total. The summed E-state index contributed by atoms with van der Waals surface area (Å²) in [5.74, 6) is -0.0832. The van der Waals surface area contributed by atoms with Gasteiger partial charge in [0.1, 0.15) is 11.4 Å². The van der Waals surface area contributed by atoms with Crippen molar-refractivity contribution in [2.24, 2.45) is 0 Å². The lowest BCUT2D eigenvalue weighted by atomic mass is 10.0. The summed E-state index contributed by atoms with van der Waals surface area (Å²) in [4.78, 5) is 17.0. The van der Waals surface area contributed by atoms with Crippen LogP contribution in [0, 0.1) is 13.8 Å². The average molecular weight is 423 g/mol. The maximum atomic E-state index is 12.3. The highest BCUT2D eigenvalue weighted by atomic mass is 32.2. The number of aromatic nitrogens is 3. The molecule has 1 aromatic heterocycles. The summed E-state index contributed by atoms with van der Waals surface area (Å²) in [6, 6.07) is 16.3. The molecule has 1 heterocycles. The van der Waals surface area contributed by atoms with Crippen molar-refractivity contribution in [3.05, 3.63) is 59.7 Å². The quantitative estimate of drug-likeness (QED) is 0.436. The fourth-order valence-electron chi connectivity index (χ4n) is 2.81. The molecule has 7 heteroatoms. The molecule has 0 aliphatic carbocycles. The largest absolute Gasteiger partial charge is 0.383 e. The Morgan fingerprint density at radius 2 is 1.53 bits per heavy atom. The Labute approximate surface area is 181 Å². The topological polar surface area (TPSA) is 77.0 Å². The lowest BCUT2D eigenvalue weighted by Gasteiger charge is -2.13. The number of ether oxygens (including phenoxy) is 1. The Morgan fingerprint density at radius 3 is 2.10 bits per heavy atom. The third kappa shape index (κ3) is 5.64. The molecule has 0 unspecified atom stereocenters. The molecule has 6 nitrogen and oxygen atoms in total. The van der Waals surface area contributed by atoms with Gasteiger partial charge in [0, 0.05) is 24.8 Å². The van der Waals surface area contributed by atoms with Crippen LogP contribution in [0.1, 0.15) is 18.1 Å². The van der Waals surface area contributed by atoms with Gasteiger partial charge in [-0.25, -0.2) is 4.98 Å². The van der Waals surface area contributed by atoms with E-state index in [0.717, 1.165) is 22.5 Å². The van der Waals surface area contributed by atoms with Crippen LogP contribution >= 0.6 is 11.8 Å². The molecule has 1 amide bonds. The maximum absolute atomic E-state index is 12.3. The van der Waals surface area contributed by atoms with E-state index in [1.165, 1.54) is 22.9 Å². The van der Waals surface area contributed by atoms with Gasteiger partial charge in [-0.15, -0.1) is 10.2 Å². The highest BCUT2D eigenvalue weighted by molar-refractivity contribution is 8.00. The molecule has 0 aliphatic rings. The van der Waals surface area contributed by atoms with Crippen molar-refractivity contribution in [2.45, 2.75) is 31.2 Å².